The van der Waals surface area contributed by atoms with Gasteiger partial charge in [-0.05, 0) is 18.2 Å². The van der Waals surface area contributed by atoms with Crippen LogP contribution in [0.1, 0.15) is 36.9 Å². The van der Waals surface area contributed by atoms with Gasteiger partial charge in [-0.1, -0.05) is 25.6 Å². The number of nitrogens with two attached hydrogens (primary N) is 2. The molecule has 3 heterocycles. The number of aliphatic hydroxyl groups excluding tert-OH is 2. The van der Waals surface area contributed by atoms with Crippen molar-refractivity contribution in [1.82, 2.24) is 30.2 Å². The highest BCUT2D eigenvalue weighted by molar-refractivity contribution is 8.14. The summed E-state index contributed by atoms with van der Waals surface area (Å²) in [4.78, 5) is 88.0. The number of nitrogens with zero attached hydrogens (tertiary/aromatic N) is 4. The van der Waals surface area contributed by atoms with Crippen LogP contribution in [0.4, 0.5) is 11.5 Å². The molecule has 1 aliphatic heterocycles. The molecule has 0 spiro atoms. The van der Waals surface area contributed by atoms with Crippen LogP contribution in [0.15, 0.2) is 30.9 Å². The van der Waals surface area contributed by atoms with Crippen molar-refractivity contribution in [2.24, 2.45) is 5.41 Å². The van der Waals surface area contributed by atoms with Gasteiger partial charge in [-0.15, -0.1) is 0 Å². The van der Waals surface area contributed by atoms with E-state index in [0.29, 0.717) is 0 Å². The summed E-state index contributed by atoms with van der Waals surface area (Å²) in [6.45, 7) is 0.225. The van der Waals surface area contributed by atoms with E-state index in [2.05, 4.69) is 34.4 Å². The third-order valence-electron chi connectivity index (χ3n) is 7.99. The fourth-order valence-corrected chi connectivity index (χ4v) is 8.62. The fraction of sp³-hybridized carbons (Fsp3) is 0.500. The van der Waals surface area contributed by atoms with Crippen LogP contribution in [0.3, 0.4) is 0 Å². The van der Waals surface area contributed by atoms with E-state index in [1.807, 2.05) is 0 Å². The van der Waals surface area contributed by atoms with Gasteiger partial charge in [0, 0.05) is 36.4 Å². The molecular weight excluding hydrogens is 861 g/mol. The number of carbonyl (C=O) groups excluding carboxylic acids is 3. The molecule has 30 heteroatoms. The first kappa shape index (κ1) is 47.1. The van der Waals surface area contributed by atoms with E-state index in [-0.39, 0.29) is 59.2 Å². The number of nitrogen functional groups attached to an aromatic ring is 2. The zero-order valence-corrected chi connectivity index (χ0v) is 33.8. The maximum Gasteiger partial charge on any atom is 0.481 e. The molecular formula is C28H41N8O18P3S. The number of aromatic hydroxyl groups is 1. The molecule has 1 fully saturated rings. The standard InChI is InChI=1S/C28H41N8O18P3S/c1-28(2,22(40)25(41)32-6-5-18(38)31-7-8-58-27(42)15-9-14(37)3-4-16(15)29)11-51-57(48,49)54-56(46,47)50-10-17-21(53-55(43,44)45)20(39)26(52-17)36-13-35-19-23(30)33-12-34-24(19)36/h3-4,9,12-13,17,20-22,26,37,39-40H,5-8,10-11,29H2,1-2H3,(H,31,38)(H,32,41)(H,46,47)(H,48,49)(H2,30,33,34)(H2,43,44,45)/t17-,20-,21-,22?,26-/m1/s1. The van der Waals surface area contributed by atoms with Gasteiger partial charge in [-0.3, -0.25) is 32.5 Å². The minimum absolute atomic E-state index is 0.0214. The number of phenolic OH excluding ortho intramolecular Hbond substituents is 1. The minimum atomic E-state index is -5.59. The molecule has 13 N–H and O–H groups in total. The summed E-state index contributed by atoms with van der Waals surface area (Å²) in [5, 5.41) is 35.4. The summed E-state index contributed by atoms with van der Waals surface area (Å²) < 4.78 is 62.1. The Morgan fingerprint density at radius 1 is 1.03 bits per heavy atom. The average Bonchev–Trinajstić information content (AvgIpc) is 3.69. The highest BCUT2D eigenvalue weighted by Crippen LogP contribution is 2.61. The van der Waals surface area contributed by atoms with Crippen LogP contribution < -0.4 is 22.1 Å². The molecule has 1 aromatic carbocycles. The van der Waals surface area contributed by atoms with Crippen molar-refractivity contribution < 1.29 is 85.6 Å². The van der Waals surface area contributed by atoms with E-state index in [1.54, 1.807) is 0 Å². The van der Waals surface area contributed by atoms with E-state index in [4.69, 9.17) is 25.3 Å². The number of phosphoric acid groups is 3. The first-order valence-electron chi connectivity index (χ1n) is 16.5. The lowest BCUT2D eigenvalue weighted by Gasteiger charge is -2.30. The second-order valence-corrected chi connectivity index (χ2v) is 18.3. The smallest absolute Gasteiger partial charge is 0.481 e. The Bertz CT molecular complexity index is 2120. The van der Waals surface area contributed by atoms with Crippen LogP contribution in [-0.4, -0.2) is 128 Å². The topological polar surface area (TPSA) is 410 Å². The Balaban J connectivity index is 1.23. The lowest BCUT2D eigenvalue weighted by molar-refractivity contribution is -0.137. The number of hydrogen-bond donors (Lipinski definition) is 11. The molecule has 58 heavy (non-hydrogen) atoms. The monoisotopic (exact) mass is 902 g/mol. The first-order chi connectivity index (χ1) is 26.9. The zero-order chi connectivity index (χ0) is 43.2. The Morgan fingerprint density at radius 3 is 2.41 bits per heavy atom. The molecule has 3 aromatic rings. The number of thioether (sulfide) groups is 1. The summed E-state index contributed by atoms with van der Waals surface area (Å²) in [5.41, 5.74) is 10.2. The molecule has 2 amide bonds. The van der Waals surface area contributed by atoms with Crippen LogP contribution in [0.25, 0.3) is 11.2 Å². The van der Waals surface area contributed by atoms with Gasteiger partial charge in [-0.25, -0.2) is 28.6 Å². The maximum absolute atomic E-state index is 12.7. The highest BCUT2D eigenvalue weighted by atomic mass is 32.2. The van der Waals surface area contributed by atoms with E-state index >= 15 is 0 Å². The number of imidazole rings is 1. The summed E-state index contributed by atoms with van der Waals surface area (Å²) in [7, 11) is -16.4. The van der Waals surface area contributed by atoms with Crippen LogP contribution in [0, 0.1) is 5.41 Å². The number of ether oxygens (including phenoxy) is 1. The van der Waals surface area contributed by atoms with Gasteiger partial charge in [0.1, 0.15) is 42.0 Å². The number of rotatable bonds is 20. The summed E-state index contributed by atoms with van der Waals surface area (Å²) >= 11 is 0.855. The molecule has 4 rings (SSSR count). The number of phosphoric ester groups is 3. The van der Waals surface area contributed by atoms with Crippen LogP contribution in [0.5, 0.6) is 5.75 Å². The number of phenols is 1. The lowest BCUT2D eigenvalue weighted by Crippen LogP contribution is -2.46. The Morgan fingerprint density at radius 2 is 1.72 bits per heavy atom. The number of carbonyl (C=O) groups is 3. The number of aliphatic hydroxyl groups is 2. The van der Waals surface area contributed by atoms with Gasteiger partial charge < -0.3 is 61.7 Å². The molecule has 0 saturated carbocycles. The number of nitrogens with one attached hydrogen (secondary N) is 2. The van der Waals surface area contributed by atoms with Gasteiger partial charge in [0.05, 0.1) is 25.1 Å². The number of anilines is 2. The number of amides is 2. The zero-order valence-electron chi connectivity index (χ0n) is 30.3. The van der Waals surface area contributed by atoms with Gasteiger partial charge in [0.25, 0.3) is 0 Å². The second-order valence-electron chi connectivity index (χ2n) is 13.0. The highest BCUT2D eigenvalue weighted by Gasteiger charge is 2.50. The van der Waals surface area contributed by atoms with Gasteiger partial charge in [-0.2, -0.15) is 4.31 Å². The van der Waals surface area contributed by atoms with Crippen LogP contribution in [-0.2, 0) is 45.9 Å². The molecule has 0 aliphatic carbocycles. The van der Waals surface area contributed by atoms with Gasteiger partial charge in [0.15, 0.2) is 17.7 Å². The molecule has 7 atom stereocenters. The second kappa shape index (κ2) is 19.2. The maximum atomic E-state index is 12.7. The molecule has 1 saturated heterocycles. The van der Waals surface area contributed by atoms with E-state index in [1.165, 1.54) is 32.0 Å². The minimum Gasteiger partial charge on any atom is -0.508 e. The molecule has 3 unspecified atom stereocenters. The third kappa shape index (κ3) is 12.9. The Labute approximate surface area is 332 Å². The van der Waals surface area contributed by atoms with Crippen molar-refractivity contribution in [2.45, 2.75) is 50.9 Å². The summed E-state index contributed by atoms with van der Waals surface area (Å²) in [5.74, 6) is -1.54. The predicted octanol–water partition coefficient (Wildman–Crippen LogP) is -0.734. The molecule has 322 valence electrons. The normalized spacial score (nSPS) is 21.2. The lowest BCUT2D eigenvalue weighted by atomic mass is 9.87. The summed E-state index contributed by atoms with van der Waals surface area (Å²) in [6, 6.07) is 3.93. The third-order valence-corrected chi connectivity index (χ3v) is 12.0. The summed E-state index contributed by atoms with van der Waals surface area (Å²) in [6.07, 6.45) is -7.08. The van der Waals surface area contributed by atoms with Crippen molar-refractivity contribution in [2.75, 3.05) is 43.5 Å². The largest absolute Gasteiger partial charge is 0.508 e. The van der Waals surface area contributed by atoms with Crippen molar-refractivity contribution in [3.63, 3.8) is 0 Å². The van der Waals surface area contributed by atoms with E-state index in [9.17, 15) is 63.0 Å². The van der Waals surface area contributed by atoms with E-state index < -0.39 is 89.7 Å². The molecule has 0 radical (unpaired) electrons. The molecule has 2 aromatic heterocycles. The number of hydrogen-bond acceptors (Lipinski definition) is 20. The fourth-order valence-electron chi connectivity index (χ4n) is 5.07. The average molecular weight is 903 g/mol. The number of aromatic nitrogens is 4. The van der Waals surface area contributed by atoms with Crippen LogP contribution >= 0.6 is 35.2 Å². The first-order valence-corrected chi connectivity index (χ1v) is 22.0. The van der Waals surface area contributed by atoms with Crippen molar-refractivity contribution in [3.05, 3.63) is 36.4 Å². The van der Waals surface area contributed by atoms with Crippen molar-refractivity contribution in [1.29, 1.82) is 0 Å². The predicted molar refractivity (Wildman–Crippen MR) is 199 cm³/mol. The van der Waals surface area contributed by atoms with Crippen molar-refractivity contribution >= 4 is 74.8 Å². The van der Waals surface area contributed by atoms with Crippen molar-refractivity contribution in [3.8, 4) is 5.75 Å². The molecule has 26 nitrogen and oxygen atoms in total. The number of fused-ring (bicyclic) bond motifs is 1. The SMILES string of the molecule is CC(C)(COP(=O)(O)OP(=O)(O)OC[C@H]1O[C@@H](n2cnc3c(N)ncnc32)[C@H](O)[C@@H]1OP(=O)(O)O)C(O)C(=O)NCCC(=O)NCCSC(=O)c1cc(O)ccc1N. The Kier molecular flexibility index (Phi) is 15.6. The Hall–Kier alpha value is -3.62. The van der Waals surface area contributed by atoms with Crippen LogP contribution in [0.2, 0.25) is 0 Å². The quantitative estimate of drug-likeness (QED) is 0.0288. The van der Waals surface area contributed by atoms with Gasteiger partial charge >= 0.3 is 23.5 Å². The van der Waals surface area contributed by atoms with Gasteiger partial charge in [0.2, 0.25) is 16.9 Å². The molecule has 0 bridgehead atoms. The molecule has 1 aliphatic rings. The number of benzene rings is 1. The van der Waals surface area contributed by atoms with E-state index in [0.717, 1.165) is 29.0 Å².